The Kier molecular flexibility index (Phi) is 3.96. The van der Waals surface area contributed by atoms with Crippen molar-refractivity contribution in [1.82, 2.24) is 5.32 Å². The van der Waals surface area contributed by atoms with Crippen LogP contribution in [0.1, 0.15) is 0 Å². The Morgan fingerprint density at radius 1 is 1.33 bits per heavy atom. The van der Waals surface area contributed by atoms with Gasteiger partial charge in [-0.25, -0.2) is 8.42 Å². The summed E-state index contributed by atoms with van der Waals surface area (Å²) in [4.78, 5) is 10.3. The van der Waals surface area contributed by atoms with Crippen LogP contribution in [0, 0.1) is 0 Å². The molecule has 0 saturated carbocycles. The number of carbonyl (C=O) groups is 1. The van der Waals surface area contributed by atoms with Crippen LogP contribution in [0.25, 0.3) is 0 Å². The zero-order valence-electron chi connectivity index (χ0n) is 7.41. The van der Waals surface area contributed by atoms with Crippen LogP contribution < -0.4 is 5.32 Å². The van der Waals surface area contributed by atoms with Crippen LogP contribution in [0.3, 0.4) is 0 Å². The zero-order chi connectivity index (χ0) is 11.5. The summed E-state index contributed by atoms with van der Waals surface area (Å²) in [6, 6.07) is 5.97. The highest BCUT2D eigenvalue weighted by molar-refractivity contribution is 7.91. The summed E-state index contributed by atoms with van der Waals surface area (Å²) < 4.78 is 23.2. The predicted octanol–water partition coefficient (Wildman–Crippen LogP) is 2.02. The van der Waals surface area contributed by atoms with Gasteiger partial charge in [0.2, 0.25) is 0 Å². The Labute approximate surface area is 97.1 Å². The Balaban J connectivity index is 2.97. The molecule has 0 aliphatic carbocycles. The molecular formula is C8H7Cl2NO3S. The molecule has 1 aromatic rings. The molecule has 4 nitrogen and oxygen atoms in total. The summed E-state index contributed by atoms with van der Waals surface area (Å²) in [5, 5.41) is 1.18. The van der Waals surface area contributed by atoms with Crippen LogP contribution in [-0.2, 0) is 9.84 Å². The van der Waals surface area contributed by atoms with Crippen molar-refractivity contribution in [3.8, 4) is 0 Å². The highest BCUT2D eigenvalue weighted by Crippen LogP contribution is 2.20. The van der Waals surface area contributed by atoms with Gasteiger partial charge >= 0.3 is 5.37 Å². The third-order valence-electron chi connectivity index (χ3n) is 1.57. The first kappa shape index (κ1) is 12.3. The number of hydrogen-bond donors (Lipinski definition) is 1. The van der Waals surface area contributed by atoms with E-state index in [4.69, 9.17) is 23.2 Å². The summed E-state index contributed by atoms with van der Waals surface area (Å²) in [7, 11) is -3.63. The van der Waals surface area contributed by atoms with Gasteiger partial charge in [0.25, 0.3) is 0 Å². The lowest BCUT2D eigenvalue weighted by molar-refractivity contribution is 0.261. The van der Waals surface area contributed by atoms with Crippen LogP contribution in [0.2, 0.25) is 5.02 Å². The van der Waals surface area contributed by atoms with Gasteiger partial charge < -0.3 is 5.32 Å². The van der Waals surface area contributed by atoms with Gasteiger partial charge in [0.15, 0.2) is 9.84 Å². The first-order valence-corrected chi connectivity index (χ1v) is 6.25. The van der Waals surface area contributed by atoms with E-state index in [9.17, 15) is 13.2 Å². The molecule has 0 atom stereocenters. The van der Waals surface area contributed by atoms with Gasteiger partial charge in [0.1, 0.15) is 5.88 Å². The van der Waals surface area contributed by atoms with E-state index in [1.165, 1.54) is 12.1 Å². The highest BCUT2D eigenvalue weighted by atomic mass is 35.5. The molecule has 15 heavy (non-hydrogen) atoms. The van der Waals surface area contributed by atoms with Gasteiger partial charge in [0, 0.05) is 0 Å². The van der Waals surface area contributed by atoms with Gasteiger partial charge in [-0.1, -0.05) is 23.7 Å². The van der Waals surface area contributed by atoms with Crippen molar-refractivity contribution in [3.05, 3.63) is 29.3 Å². The molecule has 0 fully saturated rings. The molecule has 0 bridgehead atoms. The van der Waals surface area contributed by atoms with Crippen molar-refractivity contribution >= 4 is 38.4 Å². The Bertz CT molecular complexity index is 473. The van der Waals surface area contributed by atoms with Crippen LogP contribution in [-0.4, -0.2) is 19.7 Å². The van der Waals surface area contributed by atoms with E-state index in [-0.39, 0.29) is 9.92 Å². The van der Waals surface area contributed by atoms with Gasteiger partial charge in [-0.3, -0.25) is 4.79 Å². The first-order chi connectivity index (χ1) is 6.93. The molecule has 0 heterocycles. The molecule has 82 valence electrons. The monoisotopic (exact) mass is 267 g/mol. The third kappa shape index (κ3) is 3.37. The van der Waals surface area contributed by atoms with Crippen LogP contribution in [0.15, 0.2) is 29.2 Å². The molecule has 1 amide bonds. The minimum atomic E-state index is -3.63. The quantitative estimate of drug-likeness (QED) is 0.673. The SMILES string of the molecule is O=C(Cl)NCS(=O)(=O)c1ccccc1Cl. The number of benzene rings is 1. The number of sulfone groups is 1. The summed E-state index contributed by atoms with van der Waals surface area (Å²) in [6.45, 7) is 0. The second kappa shape index (κ2) is 4.83. The maximum absolute atomic E-state index is 11.6. The lowest BCUT2D eigenvalue weighted by Gasteiger charge is -2.05. The van der Waals surface area contributed by atoms with Gasteiger partial charge in [-0.2, -0.15) is 0 Å². The Morgan fingerprint density at radius 2 is 1.93 bits per heavy atom. The van der Waals surface area contributed by atoms with Crippen molar-refractivity contribution < 1.29 is 13.2 Å². The van der Waals surface area contributed by atoms with Crippen molar-refractivity contribution in [2.75, 3.05) is 5.88 Å². The van der Waals surface area contributed by atoms with Crippen LogP contribution >= 0.6 is 23.2 Å². The number of carbonyl (C=O) groups excluding carboxylic acids is 1. The fraction of sp³-hybridized carbons (Fsp3) is 0.125. The molecular weight excluding hydrogens is 261 g/mol. The number of hydrogen-bond acceptors (Lipinski definition) is 3. The molecule has 0 saturated heterocycles. The van der Waals surface area contributed by atoms with Gasteiger partial charge in [-0.05, 0) is 23.7 Å². The average molecular weight is 268 g/mol. The number of amides is 1. The maximum Gasteiger partial charge on any atom is 0.314 e. The van der Waals surface area contributed by atoms with Crippen molar-refractivity contribution in [2.24, 2.45) is 0 Å². The summed E-state index contributed by atoms with van der Waals surface area (Å²) in [6.07, 6.45) is 0. The highest BCUT2D eigenvalue weighted by Gasteiger charge is 2.17. The van der Waals surface area contributed by atoms with Crippen LogP contribution in [0.5, 0.6) is 0 Å². The summed E-state index contributed by atoms with van der Waals surface area (Å²) in [5.41, 5.74) is 0. The van der Waals surface area contributed by atoms with Gasteiger partial charge in [0.05, 0.1) is 9.92 Å². The molecule has 1 rings (SSSR count). The minimum Gasteiger partial charge on any atom is -0.328 e. The standard InChI is InChI=1S/C8H7Cl2NO3S/c9-6-3-1-2-4-7(6)15(13,14)5-11-8(10)12/h1-4H,5H2,(H,11,12). The van der Waals surface area contributed by atoms with Crippen molar-refractivity contribution in [3.63, 3.8) is 0 Å². The molecule has 0 aliphatic heterocycles. The molecule has 7 heteroatoms. The molecule has 0 spiro atoms. The maximum atomic E-state index is 11.6. The molecule has 0 unspecified atom stereocenters. The first-order valence-electron chi connectivity index (χ1n) is 3.84. The van der Waals surface area contributed by atoms with E-state index in [0.29, 0.717) is 0 Å². The summed E-state index contributed by atoms with van der Waals surface area (Å²) >= 11 is 10.7. The Morgan fingerprint density at radius 3 is 2.47 bits per heavy atom. The molecule has 1 aromatic carbocycles. The van der Waals surface area contributed by atoms with E-state index in [2.05, 4.69) is 0 Å². The second-order valence-corrected chi connectivity index (χ2v) is 5.35. The van der Waals surface area contributed by atoms with E-state index in [1.807, 2.05) is 5.32 Å². The lowest BCUT2D eigenvalue weighted by atomic mass is 10.4. The molecule has 0 aliphatic rings. The number of rotatable bonds is 3. The molecule has 1 N–H and O–H groups in total. The second-order valence-electron chi connectivity index (χ2n) is 2.64. The van der Waals surface area contributed by atoms with E-state index >= 15 is 0 Å². The fourth-order valence-electron chi connectivity index (χ4n) is 0.926. The molecule has 0 aromatic heterocycles. The predicted molar refractivity (Wildman–Crippen MR) is 57.9 cm³/mol. The summed E-state index contributed by atoms with van der Waals surface area (Å²) in [5.74, 6) is -0.570. The average Bonchev–Trinajstić information content (AvgIpc) is 2.15. The number of nitrogens with one attached hydrogen (secondary N) is 1. The smallest absolute Gasteiger partial charge is 0.314 e. The zero-order valence-corrected chi connectivity index (χ0v) is 9.73. The number of halogens is 2. The van der Waals surface area contributed by atoms with E-state index < -0.39 is 21.1 Å². The topological polar surface area (TPSA) is 63.2 Å². The third-order valence-corrected chi connectivity index (χ3v) is 3.70. The van der Waals surface area contributed by atoms with Crippen molar-refractivity contribution in [2.45, 2.75) is 4.90 Å². The Hall–Kier alpha value is -0.780. The van der Waals surface area contributed by atoms with Crippen molar-refractivity contribution in [1.29, 1.82) is 0 Å². The fourth-order valence-corrected chi connectivity index (χ4v) is 2.69. The van der Waals surface area contributed by atoms with E-state index in [0.717, 1.165) is 0 Å². The minimum absolute atomic E-state index is 0.0305. The van der Waals surface area contributed by atoms with E-state index in [1.54, 1.807) is 12.1 Å². The lowest BCUT2D eigenvalue weighted by Crippen LogP contribution is -2.25. The molecule has 0 radical (unpaired) electrons. The van der Waals surface area contributed by atoms with Crippen LogP contribution in [0.4, 0.5) is 4.79 Å². The normalized spacial score (nSPS) is 11.1. The van der Waals surface area contributed by atoms with Gasteiger partial charge in [-0.15, -0.1) is 0 Å². The largest absolute Gasteiger partial charge is 0.328 e.